The van der Waals surface area contributed by atoms with Gasteiger partial charge in [-0.3, -0.25) is 4.68 Å². The van der Waals surface area contributed by atoms with Gasteiger partial charge < -0.3 is 10.1 Å². The summed E-state index contributed by atoms with van der Waals surface area (Å²) in [6.07, 6.45) is 6.31. The van der Waals surface area contributed by atoms with Crippen LogP contribution in [0, 0.1) is 5.92 Å². The first-order valence-electron chi connectivity index (χ1n) is 5.15. The van der Waals surface area contributed by atoms with Crippen molar-refractivity contribution in [3.8, 4) is 0 Å². The van der Waals surface area contributed by atoms with E-state index in [1.54, 1.807) is 4.68 Å². The Hall–Kier alpha value is -1.03. The van der Waals surface area contributed by atoms with E-state index < -0.39 is 0 Å². The zero-order valence-electron chi connectivity index (χ0n) is 8.57. The van der Waals surface area contributed by atoms with Crippen LogP contribution in [0.15, 0.2) is 12.4 Å². The molecule has 1 fully saturated rings. The molecule has 1 aromatic heterocycles. The lowest BCUT2D eigenvalue weighted by Gasteiger charge is -2.22. The Balaban J connectivity index is 1.76. The minimum atomic E-state index is 0.656. The second-order valence-electron chi connectivity index (χ2n) is 3.87. The predicted octanol–water partition coefficient (Wildman–Crippen LogP) is 1.26. The molecule has 2 rings (SSSR count). The van der Waals surface area contributed by atoms with Crippen LogP contribution in [-0.4, -0.2) is 29.5 Å². The van der Waals surface area contributed by atoms with E-state index >= 15 is 0 Å². The number of hydrogen-bond acceptors (Lipinski definition) is 3. The normalized spacial score (nSPS) is 22.2. The summed E-state index contributed by atoms with van der Waals surface area (Å²) in [4.78, 5) is 0. The summed E-state index contributed by atoms with van der Waals surface area (Å²) >= 11 is 0. The molecule has 0 spiro atoms. The summed E-state index contributed by atoms with van der Waals surface area (Å²) in [5, 5.41) is 7.48. The topological polar surface area (TPSA) is 39.1 Å². The molecule has 2 heterocycles. The first-order valence-corrected chi connectivity index (χ1v) is 5.15. The maximum absolute atomic E-state index is 5.41. The van der Waals surface area contributed by atoms with Crippen molar-refractivity contribution in [2.45, 2.75) is 12.8 Å². The standard InChI is InChI=1S/C10H17N3O/c1-13-7-10(6-12-13)11-5-9-3-2-4-14-8-9/h6-7,9,11H,2-5,8H2,1H3. The van der Waals surface area contributed by atoms with Gasteiger partial charge in [0, 0.05) is 26.4 Å². The highest BCUT2D eigenvalue weighted by Gasteiger charge is 2.13. The Morgan fingerprint density at radius 2 is 2.64 bits per heavy atom. The van der Waals surface area contributed by atoms with E-state index in [2.05, 4.69) is 10.4 Å². The van der Waals surface area contributed by atoms with Gasteiger partial charge in [0.1, 0.15) is 0 Å². The maximum atomic E-state index is 5.41. The Labute approximate surface area is 84.3 Å². The summed E-state index contributed by atoms with van der Waals surface area (Å²) < 4.78 is 7.22. The van der Waals surface area contributed by atoms with E-state index in [0.717, 1.165) is 25.4 Å². The van der Waals surface area contributed by atoms with Gasteiger partial charge in [-0.25, -0.2) is 0 Å². The van der Waals surface area contributed by atoms with Crippen LogP contribution >= 0.6 is 0 Å². The molecule has 4 nitrogen and oxygen atoms in total. The highest BCUT2D eigenvalue weighted by Crippen LogP contribution is 2.14. The van der Waals surface area contributed by atoms with Crippen LogP contribution < -0.4 is 5.32 Å². The second kappa shape index (κ2) is 4.46. The third-order valence-corrected chi connectivity index (χ3v) is 2.55. The van der Waals surface area contributed by atoms with Gasteiger partial charge in [0.15, 0.2) is 0 Å². The molecule has 1 unspecified atom stereocenters. The molecule has 1 aromatic rings. The Kier molecular flexibility index (Phi) is 3.03. The monoisotopic (exact) mass is 195 g/mol. The van der Waals surface area contributed by atoms with E-state index in [-0.39, 0.29) is 0 Å². The molecule has 0 amide bonds. The molecule has 1 aliphatic heterocycles. The van der Waals surface area contributed by atoms with Gasteiger partial charge >= 0.3 is 0 Å². The van der Waals surface area contributed by atoms with Gasteiger partial charge in [0.25, 0.3) is 0 Å². The summed E-state index contributed by atoms with van der Waals surface area (Å²) in [6, 6.07) is 0. The molecule has 0 aliphatic carbocycles. The summed E-state index contributed by atoms with van der Waals surface area (Å²) in [5.41, 5.74) is 1.10. The smallest absolute Gasteiger partial charge is 0.0726 e. The second-order valence-corrected chi connectivity index (χ2v) is 3.87. The van der Waals surface area contributed by atoms with Crippen molar-refractivity contribution in [3.05, 3.63) is 12.4 Å². The molecular weight excluding hydrogens is 178 g/mol. The van der Waals surface area contributed by atoms with E-state index in [1.165, 1.54) is 12.8 Å². The molecule has 1 atom stereocenters. The van der Waals surface area contributed by atoms with Crippen molar-refractivity contribution in [2.24, 2.45) is 13.0 Å². The molecule has 1 aliphatic rings. The van der Waals surface area contributed by atoms with Gasteiger partial charge in [0.05, 0.1) is 18.5 Å². The lowest BCUT2D eigenvalue weighted by Crippen LogP contribution is -2.24. The zero-order chi connectivity index (χ0) is 9.80. The van der Waals surface area contributed by atoms with Crippen molar-refractivity contribution in [1.29, 1.82) is 0 Å². The lowest BCUT2D eigenvalue weighted by molar-refractivity contribution is 0.0595. The first kappa shape index (κ1) is 9.52. The van der Waals surface area contributed by atoms with Gasteiger partial charge in [-0.15, -0.1) is 0 Å². The Morgan fingerprint density at radius 1 is 1.71 bits per heavy atom. The summed E-state index contributed by atoms with van der Waals surface area (Å²) in [5.74, 6) is 0.656. The van der Waals surface area contributed by atoms with Gasteiger partial charge in [-0.05, 0) is 18.8 Å². The van der Waals surface area contributed by atoms with Crippen molar-refractivity contribution in [2.75, 3.05) is 25.1 Å². The Bertz CT molecular complexity index is 279. The fraction of sp³-hybridized carbons (Fsp3) is 0.700. The number of aryl methyl sites for hydroxylation is 1. The van der Waals surface area contributed by atoms with E-state index in [1.807, 2.05) is 19.4 Å². The molecule has 1 N–H and O–H groups in total. The van der Waals surface area contributed by atoms with Crippen molar-refractivity contribution in [1.82, 2.24) is 9.78 Å². The molecule has 1 saturated heterocycles. The number of aromatic nitrogens is 2. The maximum Gasteiger partial charge on any atom is 0.0726 e. The number of rotatable bonds is 3. The van der Waals surface area contributed by atoms with Crippen molar-refractivity contribution in [3.63, 3.8) is 0 Å². The summed E-state index contributed by atoms with van der Waals surface area (Å²) in [6.45, 7) is 2.82. The molecule has 0 bridgehead atoms. The van der Waals surface area contributed by atoms with Crippen molar-refractivity contribution >= 4 is 5.69 Å². The molecule has 0 radical (unpaired) electrons. The molecule has 14 heavy (non-hydrogen) atoms. The molecule has 4 heteroatoms. The van der Waals surface area contributed by atoms with Crippen LogP contribution in [0.2, 0.25) is 0 Å². The molecule has 0 saturated carbocycles. The largest absolute Gasteiger partial charge is 0.382 e. The number of nitrogens with one attached hydrogen (secondary N) is 1. The number of nitrogens with zero attached hydrogens (tertiary/aromatic N) is 2. The quantitative estimate of drug-likeness (QED) is 0.789. The number of ether oxygens (including phenoxy) is 1. The molecule has 78 valence electrons. The lowest BCUT2D eigenvalue weighted by atomic mass is 10.0. The third kappa shape index (κ3) is 2.48. The SMILES string of the molecule is Cn1cc(NCC2CCCOC2)cn1. The van der Waals surface area contributed by atoms with Gasteiger partial charge in [0.2, 0.25) is 0 Å². The van der Waals surface area contributed by atoms with Crippen LogP contribution in [-0.2, 0) is 11.8 Å². The number of anilines is 1. The van der Waals surface area contributed by atoms with Crippen LogP contribution in [0.3, 0.4) is 0 Å². The fourth-order valence-corrected chi connectivity index (χ4v) is 1.74. The van der Waals surface area contributed by atoms with Gasteiger partial charge in [-0.2, -0.15) is 5.10 Å². The van der Waals surface area contributed by atoms with Crippen LogP contribution in [0.5, 0.6) is 0 Å². The highest BCUT2D eigenvalue weighted by molar-refractivity contribution is 5.37. The van der Waals surface area contributed by atoms with Crippen LogP contribution in [0.25, 0.3) is 0 Å². The van der Waals surface area contributed by atoms with Gasteiger partial charge in [-0.1, -0.05) is 0 Å². The minimum absolute atomic E-state index is 0.656. The van der Waals surface area contributed by atoms with Crippen molar-refractivity contribution < 1.29 is 4.74 Å². The van der Waals surface area contributed by atoms with E-state index in [9.17, 15) is 0 Å². The third-order valence-electron chi connectivity index (χ3n) is 2.55. The average Bonchev–Trinajstić information content (AvgIpc) is 2.63. The predicted molar refractivity (Wildman–Crippen MR) is 55.2 cm³/mol. The fourth-order valence-electron chi connectivity index (χ4n) is 1.74. The van der Waals surface area contributed by atoms with E-state index in [0.29, 0.717) is 5.92 Å². The minimum Gasteiger partial charge on any atom is -0.382 e. The average molecular weight is 195 g/mol. The number of hydrogen-bond donors (Lipinski definition) is 1. The highest BCUT2D eigenvalue weighted by atomic mass is 16.5. The molecular formula is C10H17N3O. The summed E-state index contributed by atoms with van der Waals surface area (Å²) in [7, 11) is 1.93. The molecule has 0 aromatic carbocycles. The van der Waals surface area contributed by atoms with Crippen LogP contribution in [0.1, 0.15) is 12.8 Å². The van der Waals surface area contributed by atoms with Crippen LogP contribution in [0.4, 0.5) is 5.69 Å². The Morgan fingerprint density at radius 3 is 3.29 bits per heavy atom. The zero-order valence-corrected chi connectivity index (χ0v) is 8.57. The van der Waals surface area contributed by atoms with E-state index in [4.69, 9.17) is 4.74 Å². The first-order chi connectivity index (χ1) is 6.84.